The van der Waals surface area contributed by atoms with E-state index in [9.17, 15) is 4.79 Å². The summed E-state index contributed by atoms with van der Waals surface area (Å²) >= 11 is 0. The number of carbonyl (C=O) groups is 1. The van der Waals surface area contributed by atoms with E-state index in [0.717, 1.165) is 31.2 Å². The van der Waals surface area contributed by atoms with Crippen LogP contribution in [0.2, 0.25) is 0 Å². The second kappa shape index (κ2) is 16.4. The van der Waals surface area contributed by atoms with E-state index in [2.05, 4.69) is 11.8 Å². The fourth-order valence-corrected chi connectivity index (χ4v) is 4.05. The van der Waals surface area contributed by atoms with Gasteiger partial charge in [0.15, 0.2) is 0 Å². The van der Waals surface area contributed by atoms with Gasteiger partial charge < -0.3 is 9.64 Å². The van der Waals surface area contributed by atoms with Gasteiger partial charge >= 0.3 is 5.97 Å². The van der Waals surface area contributed by atoms with Crippen molar-refractivity contribution in [1.82, 2.24) is 4.90 Å². The molecule has 1 rings (SSSR count). The highest BCUT2D eigenvalue weighted by atomic mass is 16.5. The zero-order chi connectivity index (χ0) is 19.7. The highest BCUT2D eigenvalue weighted by molar-refractivity contribution is 5.69. The highest BCUT2D eigenvalue weighted by Crippen LogP contribution is 2.45. The van der Waals surface area contributed by atoms with Crippen molar-refractivity contribution in [2.24, 2.45) is 11.8 Å². The van der Waals surface area contributed by atoms with E-state index in [1.54, 1.807) is 0 Å². The van der Waals surface area contributed by atoms with Crippen LogP contribution >= 0.6 is 0 Å². The molecule has 0 unspecified atom stereocenters. The van der Waals surface area contributed by atoms with Crippen LogP contribution < -0.4 is 0 Å². The predicted octanol–water partition coefficient (Wildman–Crippen LogP) is 6.60. The second-order valence-corrected chi connectivity index (χ2v) is 9.00. The number of hydrogen-bond acceptors (Lipinski definition) is 3. The monoisotopic (exact) mass is 381 g/mol. The molecule has 0 bridgehead atoms. The molecule has 0 aliphatic heterocycles. The molecular formula is C24H47NO2. The largest absolute Gasteiger partial charge is 0.466 e. The molecule has 3 heteroatoms. The number of ether oxygens (including phenoxy) is 1. The van der Waals surface area contributed by atoms with Gasteiger partial charge in [-0.15, -0.1) is 0 Å². The van der Waals surface area contributed by atoms with E-state index in [4.69, 9.17) is 4.74 Å². The minimum absolute atomic E-state index is 0.00993. The molecule has 1 aliphatic carbocycles. The molecule has 0 spiro atoms. The normalized spacial score (nSPS) is 18.8. The van der Waals surface area contributed by atoms with Crippen molar-refractivity contribution in [3.8, 4) is 0 Å². The molecule has 0 amide bonds. The highest BCUT2D eigenvalue weighted by Gasteiger charge is 2.34. The van der Waals surface area contributed by atoms with Crippen molar-refractivity contribution in [1.29, 1.82) is 0 Å². The maximum atomic E-state index is 11.6. The first-order valence-electron chi connectivity index (χ1n) is 11.9. The fraction of sp³-hybridized carbons (Fsp3) is 0.958. The first-order valence-corrected chi connectivity index (χ1v) is 11.9. The van der Waals surface area contributed by atoms with Crippen LogP contribution in [-0.2, 0) is 9.53 Å². The molecule has 0 heterocycles. The number of hydrogen-bond donors (Lipinski definition) is 0. The van der Waals surface area contributed by atoms with E-state index >= 15 is 0 Å². The number of carbonyl (C=O) groups excluding carboxylic acids is 1. The van der Waals surface area contributed by atoms with Crippen molar-refractivity contribution in [3.63, 3.8) is 0 Å². The van der Waals surface area contributed by atoms with Crippen LogP contribution in [0.1, 0.15) is 110 Å². The molecule has 1 saturated carbocycles. The molecular weight excluding hydrogens is 334 g/mol. The molecule has 0 saturated heterocycles. The summed E-state index contributed by atoms with van der Waals surface area (Å²) < 4.78 is 5.27. The second-order valence-electron chi connectivity index (χ2n) is 9.00. The minimum Gasteiger partial charge on any atom is -0.466 e. The van der Waals surface area contributed by atoms with Gasteiger partial charge in [-0.05, 0) is 45.2 Å². The lowest BCUT2D eigenvalue weighted by Crippen LogP contribution is -2.16. The van der Waals surface area contributed by atoms with Gasteiger partial charge in [0.05, 0.1) is 6.61 Å². The Labute approximate surface area is 169 Å². The first-order chi connectivity index (χ1) is 13.1. The topological polar surface area (TPSA) is 29.5 Å². The summed E-state index contributed by atoms with van der Waals surface area (Å²) in [6, 6.07) is 0. The summed E-state index contributed by atoms with van der Waals surface area (Å²) in [4.78, 5) is 13.8. The molecule has 0 aromatic carbocycles. The lowest BCUT2D eigenvalue weighted by molar-refractivity contribution is -0.143. The fourth-order valence-electron chi connectivity index (χ4n) is 4.05. The standard InChI is InChI=1S/C24H47NO2/c1-4-5-6-7-9-12-16-22-21-23(22)17-13-10-8-11-14-18-24(26)27-20-15-19-25(2)3/h22-23H,4-21H2,1-3H3/t22-,23+/m1/s1. The summed E-state index contributed by atoms with van der Waals surface area (Å²) in [6.07, 6.45) is 20.8. The summed E-state index contributed by atoms with van der Waals surface area (Å²) in [5.41, 5.74) is 0. The van der Waals surface area contributed by atoms with Gasteiger partial charge in [-0.2, -0.15) is 0 Å². The van der Waals surface area contributed by atoms with Crippen LogP contribution in [-0.4, -0.2) is 38.1 Å². The lowest BCUT2D eigenvalue weighted by Gasteiger charge is -2.09. The third-order valence-electron chi connectivity index (χ3n) is 5.97. The van der Waals surface area contributed by atoms with E-state index in [1.165, 1.54) is 83.5 Å². The molecule has 0 radical (unpaired) electrons. The SMILES string of the molecule is CCCCCCCC[C@@H]1C[C@@H]1CCCCCCCC(=O)OCCCN(C)C. The Morgan fingerprint density at radius 3 is 1.96 bits per heavy atom. The van der Waals surface area contributed by atoms with Crippen LogP contribution in [0.25, 0.3) is 0 Å². The van der Waals surface area contributed by atoms with Gasteiger partial charge in [-0.1, -0.05) is 84.0 Å². The zero-order valence-corrected chi connectivity index (χ0v) is 18.6. The number of nitrogens with zero attached hydrogens (tertiary/aromatic N) is 1. The Bertz CT molecular complexity index is 356. The molecule has 1 fully saturated rings. The van der Waals surface area contributed by atoms with Gasteiger partial charge in [0, 0.05) is 13.0 Å². The third kappa shape index (κ3) is 15.1. The Morgan fingerprint density at radius 1 is 0.815 bits per heavy atom. The Balaban J connectivity index is 1.78. The zero-order valence-electron chi connectivity index (χ0n) is 18.6. The summed E-state index contributed by atoms with van der Waals surface area (Å²) in [7, 11) is 4.08. The minimum atomic E-state index is -0.00993. The van der Waals surface area contributed by atoms with Gasteiger partial charge in [0.2, 0.25) is 0 Å². The molecule has 0 N–H and O–H groups in total. The number of esters is 1. The Hall–Kier alpha value is -0.570. The van der Waals surface area contributed by atoms with Crippen molar-refractivity contribution in [3.05, 3.63) is 0 Å². The van der Waals surface area contributed by atoms with Crippen molar-refractivity contribution < 1.29 is 9.53 Å². The molecule has 160 valence electrons. The van der Waals surface area contributed by atoms with Crippen molar-refractivity contribution in [2.75, 3.05) is 27.2 Å². The lowest BCUT2D eigenvalue weighted by atomic mass is 10.0. The smallest absolute Gasteiger partial charge is 0.305 e. The van der Waals surface area contributed by atoms with Crippen molar-refractivity contribution in [2.45, 2.75) is 110 Å². The Kier molecular flexibility index (Phi) is 14.9. The van der Waals surface area contributed by atoms with Gasteiger partial charge in [-0.3, -0.25) is 4.79 Å². The van der Waals surface area contributed by atoms with E-state index in [1.807, 2.05) is 14.1 Å². The summed E-state index contributed by atoms with van der Waals surface area (Å²) in [5, 5.41) is 0. The quantitative estimate of drug-likeness (QED) is 0.186. The Morgan fingerprint density at radius 2 is 1.37 bits per heavy atom. The molecule has 3 nitrogen and oxygen atoms in total. The van der Waals surface area contributed by atoms with Crippen LogP contribution in [0.3, 0.4) is 0 Å². The van der Waals surface area contributed by atoms with E-state index < -0.39 is 0 Å². The molecule has 0 aromatic heterocycles. The summed E-state index contributed by atoms with van der Waals surface area (Å²) in [5.74, 6) is 2.11. The third-order valence-corrected chi connectivity index (χ3v) is 5.97. The average molecular weight is 382 g/mol. The van der Waals surface area contributed by atoms with E-state index in [0.29, 0.717) is 13.0 Å². The van der Waals surface area contributed by atoms with Crippen LogP contribution in [0.4, 0.5) is 0 Å². The van der Waals surface area contributed by atoms with E-state index in [-0.39, 0.29) is 5.97 Å². The molecule has 2 atom stereocenters. The van der Waals surface area contributed by atoms with Gasteiger partial charge in [-0.25, -0.2) is 0 Å². The van der Waals surface area contributed by atoms with Crippen LogP contribution in [0.5, 0.6) is 0 Å². The van der Waals surface area contributed by atoms with Gasteiger partial charge in [0.1, 0.15) is 0 Å². The van der Waals surface area contributed by atoms with Gasteiger partial charge in [0.25, 0.3) is 0 Å². The maximum Gasteiger partial charge on any atom is 0.305 e. The first kappa shape index (κ1) is 24.5. The van der Waals surface area contributed by atoms with Crippen molar-refractivity contribution >= 4 is 5.97 Å². The average Bonchev–Trinajstić information content (AvgIpc) is 3.39. The molecule has 1 aliphatic rings. The number of rotatable bonds is 19. The summed E-state index contributed by atoms with van der Waals surface area (Å²) in [6.45, 7) is 3.84. The maximum absolute atomic E-state index is 11.6. The van der Waals surface area contributed by atoms with Crippen LogP contribution in [0.15, 0.2) is 0 Å². The number of unbranched alkanes of at least 4 members (excludes halogenated alkanes) is 9. The molecule has 27 heavy (non-hydrogen) atoms. The predicted molar refractivity (Wildman–Crippen MR) is 116 cm³/mol. The molecule has 0 aromatic rings. The van der Waals surface area contributed by atoms with Crippen LogP contribution in [0, 0.1) is 11.8 Å².